The third-order valence-electron chi connectivity index (χ3n) is 5.90. The van der Waals surface area contributed by atoms with Gasteiger partial charge in [-0.3, -0.25) is 9.59 Å². The van der Waals surface area contributed by atoms with E-state index in [0.717, 1.165) is 43.5 Å². The number of benzene rings is 3. The third-order valence-corrected chi connectivity index (χ3v) is 5.90. The number of hydrogen-bond acceptors (Lipinski definition) is 2. The average molecular weight is 457 g/mol. The summed E-state index contributed by atoms with van der Waals surface area (Å²) in [5, 5.41) is 2.72. The highest BCUT2D eigenvalue weighted by molar-refractivity contribution is 5.91. The van der Waals surface area contributed by atoms with Crippen molar-refractivity contribution in [1.82, 2.24) is 10.2 Å². The predicted molar refractivity (Wildman–Crippen MR) is 141 cm³/mol. The first-order valence-corrected chi connectivity index (χ1v) is 11.9. The van der Waals surface area contributed by atoms with Gasteiger partial charge in [0.05, 0.1) is 0 Å². The molecule has 0 atom stereocenters. The van der Waals surface area contributed by atoms with E-state index < -0.39 is 0 Å². The molecule has 3 aromatic carbocycles. The molecule has 1 heterocycles. The minimum absolute atomic E-state index is 0. The predicted octanol–water partition coefficient (Wildman–Crippen LogP) is 5.75. The lowest BCUT2D eigenvalue weighted by Gasteiger charge is -2.31. The number of rotatable bonds is 6. The maximum absolute atomic E-state index is 12.3. The monoisotopic (exact) mass is 456 g/mol. The number of nitrogens with zero attached hydrogens (tertiary/aromatic N) is 1. The molecule has 0 bridgehead atoms. The highest BCUT2D eigenvalue weighted by Crippen LogP contribution is 2.22. The normalized spacial score (nSPS) is 13.7. The topological polar surface area (TPSA) is 49.4 Å². The van der Waals surface area contributed by atoms with Gasteiger partial charge in [0, 0.05) is 34.1 Å². The zero-order valence-electron chi connectivity index (χ0n) is 19.9. The fourth-order valence-corrected chi connectivity index (χ4v) is 3.96. The average Bonchev–Trinajstić information content (AvgIpc) is 2.89. The Kier molecular flexibility index (Phi) is 10.1. The Bertz CT molecular complexity index is 1030. The minimum atomic E-state index is 0. The van der Waals surface area contributed by atoms with Gasteiger partial charge >= 0.3 is 0 Å². The Hall–Kier alpha value is -3.66. The summed E-state index contributed by atoms with van der Waals surface area (Å²) >= 11 is 0. The minimum Gasteiger partial charge on any atom is -0.352 e. The molecule has 1 N–H and O–H groups in total. The molecule has 1 aliphatic rings. The van der Waals surface area contributed by atoms with Crippen LogP contribution in [0, 0.1) is 5.92 Å². The van der Waals surface area contributed by atoms with Crippen LogP contribution in [0.4, 0.5) is 0 Å². The molecule has 0 aliphatic carbocycles. The molecule has 0 aromatic heterocycles. The van der Waals surface area contributed by atoms with Gasteiger partial charge in [0.25, 0.3) is 0 Å². The Balaban J connectivity index is 0.000000305. The molecule has 0 spiro atoms. The van der Waals surface area contributed by atoms with Gasteiger partial charge in [-0.1, -0.05) is 91.0 Å². The van der Waals surface area contributed by atoms with Gasteiger partial charge in [0.15, 0.2) is 0 Å². The Morgan fingerprint density at radius 2 is 1.38 bits per heavy atom. The molecule has 34 heavy (non-hydrogen) atoms. The van der Waals surface area contributed by atoms with Crippen molar-refractivity contribution in [2.45, 2.75) is 32.7 Å². The molecule has 4 rings (SSSR count). The van der Waals surface area contributed by atoms with Crippen LogP contribution >= 0.6 is 0 Å². The molecule has 0 saturated carbocycles. The van der Waals surface area contributed by atoms with Gasteiger partial charge in [-0.25, -0.2) is 0 Å². The van der Waals surface area contributed by atoms with E-state index in [1.54, 1.807) is 6.08 Å². The van der Waals surface area contributed by atoms with Gasteiger partial charge < -0.3 is 10.2 Å². The molecule has 1 fully saturated rings. The Labute approximate surface area is 204 Å². The summed E-state index contributed by atoms with van der Waals surface area (Å²) in [7, 11) is 0. The molecular formula is C30H36N2O2. The van der Waals surface area contributed by atoms with Crippen LogP contribution in [0.1, 0.15) is 37.9 Å². The van der Waals surface area contributed by atoms with Crippen LogP contribution in [0.3, 0.4) is 0 Å². The number of hydrogen-bond donors (Lipinski definition) is 1. The van der Waals surface area contributed by atoms with Gasteiger partial charge in [-0.15, -0.1) is 0 Å². The molecule has 4 heteroatoms. The zero-order valence-corrected chi connectivity index (χ0v) is 19.9. The summed E-state index contributed by atoms with van der Waals surface area (Å²) in [6.07, 6.45) is 6.92. The Morgan fingerprint density at radius 1 is 0.853 bits per heavy atom. The van der Waals surface area contributed by atoms with Crippen LogP contribution in [-0.2, 0) is 22.6 Å². The summed E-state index contributed by atoms with van der Waals surface area (Å²) in [5.41, 5.74) is 3.60. The molecule has 4 nitrogen and oxygen atoms in total. The molecule has 0 unspecified atom stereocenters. The fourth-order valence-electron chi connectivity index (χ4n) is 3.96. The van der Waals surface area contributed by atoms with Gasteiger partial charge in [-0.2, -0.15) is 0 Å². The summed E-state index contributed by atoms with van der Waals surface area (Å²) < 4.78 is 0. The van der Waals surface area contributed by atoms with E-state index in [1.807, 2.05) is 71.6 Å². The number of carbonyl (C=O) groups excluding carboxylic acids is 2. The van der Waals surface area contributed by atoms with Gasteiger partial charge in [-0.05, 0) is 47.9 Å². The van der Waals surface area contributed by atoms with Crippen LogP contribution in [0.2, 0.25) is 0 Å². The molecular weight excluding hydrogens is 420 g/mol. The Morgan fingerprint density at radius 3 is 1.94 bits per heavy atom. The van der Waals surface area contributed by atoms with E-state index in [4.69, 9.17) is 0 Å². The second-order valence-electron chi connectivity index (χ2n) is 8.60. The lowest BCUT2D eigenvalue weighted by Crippen LogP contribution is -2.37. The van der Waals surface area contributed by atoms with Crippen LogP contribution in [0.25, 0.3) is 6.08 Å². The molecule has 2 amide bonds. The second-order valence-corrected chi connectivity index (χ2v) is 8.60. The summed E-state index contributed by atoms with van der Waals surface area (Å²) in [4.78, 5) is 24.8. The lowest BCUT2D eigenvalue weighted by molar-refractivity contribution is -0.127. The van der Waals surface area contributed by atoms with Crippen molar-refractivity contribution in [1.29, 1.82) is 0 Å². The van der Waals surface area contributed by atoms with Crippen LogP contribution in [-0.4, -0.2) is 29.8 Å². The SMILES string of the molecule is CC(=O)NCc1ccccc1.O=C(/C=C/c1ccccc1)N1CCC(Cc2ccccc2)CC1.[HH]. The quantitative estimate of drug-likeness (QED) is 0.480. The first-order chi connectivity index (χ1) is 16.6. The molecule has 1 saturated heterocycles. The van der Waals surface area contributed by atoms with E-state index in [9.17, 15) is 9.59 Å². The number of nitrogens with one attached hydrogen (secondary N) is 1. The molecule has 178 valence electrons. The first kappa shape index (κ1) is 25.0. The summed E-state index contributed by atoms with van der Waals surface area (Å²) in [5.74, 6) is 0.834. The van der Waals surface area contributed by atoms with E-state index in [-0.39, 0.29) is 13.2 Å². The van der Waals surface area contributed by atoms with Crippen LogP contribution in [0.15, 0.2) is 97.1 Å². The highest BCUT2D eigenvalue weighted by Gasteiger charge is 2.21. The van der Waals surface area contributed by atoms with Gasteiger partial charge in [0.1, 0.15) is 0 Å². The van der Waals surface area contributed by atoms with Crippen molar-refractivity contribution >= 4 is 17.9 Å². The number of amides is 2. The van der Waals surface area contributed by atoms with Crippen LogP contribution < -0.4 is 5.32 Å². The van der Waals surface area contributed by atoms with Crippen LogP contribution in [0.5, 0.6) is 0 Å². The molecule has 3 aromatic rings. The molecule has 1 aliphatic heterocycles. The standard InChI is InChI=1S/C21H23NO.C9H11NO.H2/c23-21(12-11-18-7-3-1-4-8-18)22-15-13-20(14-16-22)17-19-9-5-2-6-10-19;1-8(11)10-7-9-5-3-2-4-6-9;/h1-12,20H,13-17H2;2-6H,7H2,1H3,(H,10,11);1H/b12-11+;;. The van der Waals surface area contributed by atoms with E-state index in [0.29, 0.717) is 12.5 Å². The number of likely N-dealkylation sites (tertiary alicyclic amines) is 1. The maximum atomic E-state index is 12.3. The molecule has 0 radical (unpaired) electrons. The summed E-state index contributed by atoms with van der Waals surface area (Å²) in [6, 6.07) is 30.5. The van der Waals surface area contributed by atoms with Crippen molar-refractivity contribution in [3.63, 3.8) is 0 Å². The maximum Gasteiger partial charge on any atom is 0.246 e. The zero-order chi connectivity index (χ0) is 24.0. The largest absolute Gasteiger partial charge is 0.352 e. The number of piperidine rings is 1. The summed E-state index contributed by atoms with van der Waals surface area (Å²) in [6.45, 7) is 3.88. The fraction of sp³-hybridized carbons (Fsp3) is 0.267. The van der Waals surface area contributed by atoms with E-state index in [2.05, 4.69) is 35.6 Å². The van der Waals surface area contributed by atoms with Crippen molar-refractivity contribution in [3.8, 4) is 0 Å². The van der Waals surface area contributed by atoms with E-state index in [1.165, 1.54) is 12.5 Å². The van der Waals surface area contributed by atoms with Crippen molar-refractivity contribution < 1.29 is 11.0 Å². The number of carbonyl (C=O) groups is 2. The highest BCUT2D eigenvalue weighted by atomic mass is 16.2. The first-order valence-electron chi connectivity index (χ1n) is 11.9. The van der Waals surface area contributed by atoms with E-state index >= 15 is 0 Å². The third kappa shape index (κ3) is 9.07. The van der Waals surface area contributed by atoms with Gasteiger partial charge in [0.2, 0.25) is 11.8 Å². The van der Waals surface area contributed by atoms with Crippen molar-refractivity contribution in [3.05, 3.63) is 114 Å². The van der Waals surface area contributed by atoms with Crippen molar-refractivity contribution in [2.75, 3.05) is 13.1 Å². The van der Waals surface area contributed by atoms with Crippen molar-refractivity contribution in [2.24, 2.45) is 5.92 Å². The lowest BCUT2D eigenvalue weighted by atomic mass is 9.90. The second kappa shape index (κ2) is 13.8. The smallest absolute Gasteiger partial charge is 0.246 e.